The van der Waals surface area contributed by atoms with Crippen LogP contribution in [0.4, 0.5) is 15.8 Å². The predicted octanol–water partition coefficient (Wildman–Crippen LogP) is 1.29. The fraction of sp³-hybridized carbons (Fsp3) is 0.429. The van der Waals surface area contributed by atoms with Crippen LogP contribution in [0.15, 0.2) is 12.1 Å². The lowest BCUT2D eigenvalue weighted by atomic mass is 10.1. The largest absolute Gasteiger partial charge is 0.370 e. The van der Waals surface area contributed by atoms with Gasteiger partial charge < -0.3 is 10.6 Å². The number of amides is 1. The zero-order valence-electron chi connectivity index (χ0n) is 11.4. The Kier molecular flexibility index (Phi) is 4.20. The fourth-order valence-electron chi connectivity index (χ4n) is 2.44. The summed E-state index contributed by atoms with van der Waals surface area (Å²) in [6.45, 7) is 12.0. The lowest BCUT2D eigenvalue weighted by Crippen LogP contribution is -2.49. The Morgan fingerprint density at radius 3 is 2.60 bits per heavy atom. The number of nitrogens with zero attached hydrogens (tertiary/aromatic N) is 3. The van der Waals surface area contributed by atoms with E-state index in [1.54, 1.807) is 6.07 Å². The van der Waals surface area contributed by atoms with Crippen LogP contribution in [0.3, 0.4) is 0 Å². The quantitative estimate of drug-likeness (QED) is 0.846. The minimum Gasteiger partial charge on any atom is -0.370 e. The van der Waals surface area contributed by atoms with Crippen molar-refractivity contribution >= 4 is 17.3 Å². The lowest BCUT2D eigenvalue weighted by molar-refractivity contribution is -0.119. The van der Waals surface area contributed by atoms with Gasteiger partial charge in [-0.2, -0.15) is 0 Å². The third-order valence-electron chi connectivity index (χ3n) is 3.48. The number of rotatable bonds is 3. The molecular formula is C14H17FN4O. The number of anilines is 1. The zero-order chi connectivity index (χ0) is 14.7. The standard InChI is InChI=1S/C14H17FN4O/c1-10-7-11(15)12(17-2)8-13(10)19-5-3-18(4-6-19)9-14(16)20/h7-8H,3-6,9H2,1H3,(H2,16,20). The van der Waals surface area contributed by atoms with Crippen LogP contribution in [-0.2, 0) is 4.79 Å². The van der Waals surface area contributed by atoms with E-state index < -0.39 is 5.82 Å². The van der Waals surface area contributed by atoms with Crippen LogP contribution in [0.25, 0.3) is 4.85 Å². The molecule has 106 valence electrons. The summed E-state index contributed by atoms with van der Waals surface area (Å²) >= 11 is 0. The number of nitrogens with two attached hydrogens (primary N) is 1. The minimum absolute atomic E-state index is 0.0464. The van der Waals surface area contributed by atoms with E-state index in [1.165, 1.54) is 6.07 Å². The molecular weight excluding hydrogens is 259 g/mol. The second-order valence-corrected chi connectivity index (χ2v) is 4.93. The number of carbonyl (C=O) groups excluding carboxylic acids is 1. The Morgan fingerprint density at radius 2 is 2.05 bits per heavy atom. The molecule has 0 radical (unpaired) electrons. The topological polar surface area (TPSA) is 53.9 Å². The maximum atomic E-state index is 13.5. The van der Waals surface area contributed by atoms with Crippen LogP contribution in [0.1, 0.15) is 5.56 Å². The van der Waals surface area contributed by atoms with Crippen molar-refractivity contribution in [2.24, 2.45) is 5.73 Å². The van der Waals surface area contributed by atoms with Crippen molar-refractivity contribution in [1.82, 2.24) is 4.90 Å². The van der Waals surface area contributed by atoms with Crippen molar-refractivity contribution in [2.75, 3.05) is 37.6 Å². The maximum absolute atomic E-state index is 13.5. The molecule has 1 fully saturated rings. The molecule has 0 bridgehead atoms. The summed E-state index contributed by atoms with van der Waals surface area (Å²) in [5.41, 5.74) is 6.93. The molecule has 20 heavy (non-hydrogen) atoms. The van der Waals surface area contributed by atoms with Crippen molar-refractivity contribution in [3.63, 3.8) is 0 Å². The van der Waals surface area contributed by atoms with Crippen LogP contribution in [0, 0.1) is 19.3 Å². The molecule has 0 spiro atoms. The van der Waals surface area contributed by atoms with Gasteiger partial charge in [-0.3, -0.25) is 9.69 Å². The van der Waals surface area contributed by atoms with Crippen molar-refractivity contribution in [3.8, 4) is 0 Å². The molecule has 0 saturated carbocycles. The van der Waals surface area contributed by atoms with Gasteiger partial charge in [0.05, 0.1) is 13.1 Å². The fourth-order valence-corrected chi connectivity index (χ4v) is 2.44. The molecule has 1 aromatic carbocycles. The van der Waals surface area contributed by atoms with E-state index in [9.17, 15) is 9.18 Å². The highest BCUT2D eigenvalue weighted by Crippen LogP contribution is 2.29. The van der Waals surface area contributed by atoms with Gasteiger partial charge in [0.2, 0.25) is 11.6 Å². The third-order valence-corrected chi connectivity index (χ3v) is 3.48. The molecule has 5 nitrogen and oxygen atoms in total. The van der Waals surface area contributed by atoms with E-state index >= 15 is 0 Å². The van der Waals surface area contributed by atoms with Gasteiger partial charge in [0, 0.05) is 31.9 Å². The molecule has 1 saturated heterocycles. The number of benzene rings is 1. The average Bonchev–Trinajstić information content (AvgIpc) is 2.39. The highest BCUT2D eigenvalue weighted by atomic mass is 19.1. The van der Waals surface area contributed by atoms with Crippen LogP contribution >= 0.6 is 0 Å². The summed E-state index contributed by atoms with van der Waals surface area (Å²) in [7, 11) is 0. The van der Waals surface area contributed by atoms with Crippen LogP contribution in [-0.4, -0.2) is 43.5 Å². The minimum atomic E-state index is -0.478. The number of primary amides is 1. The molecule has 1 aliphatic rings. The van der Waals surface area contributed by atoms with Crippen LogP contribution in [0.2, 0.25) is 0 Å². The number of hydrogen-bond acceptors (Lipinski definition) is 3. The number of hydrogen-bond donors (Lipinski definition) is 1. The molecule has 0 atom stereocenters. The SMILES string of the molecule is [C-]#[N+]c1cc(N2CCN(CC(N)=O)CC2)c(C)cc1F. The monoisotopic (exact) mass is 276 g/mol. The van der Waals surface area contributed by atoms with Gasteiger partial charge in [0.15, 0.2) is 0 Å². The van der Waals surface area contributed by atoms with Gasteiger partial charge in [-0.05, 0) is 24.6 Å². The summed E-state index contributed by atoms with van der Waals surface area (Å²) in [4.78, 5) is 18.2. The molecule has 1 heterocycles. The first-order valence-corrected chi connectivity index (χ1v) is 6.44. The van der Waals surface area contributed by atoms with E-state index in [0.717, 1.165) is 37.4 Å². The highest BCUT2D eigenvalue weighted by molar-refractivity contribution is 5.76. The summed E-state index contributed by atoms with van der Waals surface area (Å²) in [5, 5.41) is 0. The normalized spacial score (nSPS) is 15.9. The highest BCUT2D eigenvalue weighted by Gasteiger charge is 2.20. The summed E-state index contributed by atoms with van der Waals surface area (Å²) in [6, 6.07) is 3.00. The number of piperazine rings is 1. The van der Waals surface area contributed by atoms with Gasteiger partial charge in [-0.15, -0.1) is 0 Å². The van der Waals surface area contributed by atoms with Crippen molar-refractivity contribution in [3.05, 3.63) is 34.9 Å². The van der Waals surface area contributed by atoms with E-state index in [2.05, 4.69) is 9.74 Å². The van der Waals surface area contributed by atoms with Gasteiger partial charge in [-0.1, -0.05) is 0 Å². The second kappa shape index (κ2) is 5.88. The molecule has 1 amide bonds. The molecule has 0 unspecified atom stereocenters. The van der Waals surface area contributed by atoms with E-state index in [1.807, 2.05) is 11.8 Å². The van der Waals surface area contributed by atoms with Gasteiger partial charge >= 0.3 is 0 Å². The Morgan fingerprint density at radius 1 is 1.40 bits per heavy atom. The van der Waals surface area contributed by atoms with Crippen molar-refractivity contribution < 1.29 is 9.18 Å². The third kappa shape index (κ3) is 3.06. The van der Waals surface area contributed by atoms with Gasteiger partial charge in [-0.25, -0.2) is 9.24 Å². The Hall–Kier alpha value is -2.13. The maximum Gasteiger partial charge on any atom is 0.231 e. The Bertz CT molecular complexity index is 559. The van der Waals surface area contributed by atoms with E-state index in [-0.39, 0.29) is 18.1 Å². The molecule has 1 aromatic rings. The second-order valence-electron chi connectivity index (χ2n) is 4.93. The van der Waals surface area contributed by atoms with Gasteiger partial charge in [0.1, 0.15) is 5.82 Å². The number of aryl methyl sites for hydroxylation is 1. The first-order valence-electron chi connectivity index (χ1n) is 6.44. The molecule has 0 aromatic heterocycles. The van der Waals surface area contributed by atoms with Crippen LogP contribution in [0.5, 0.6) is 0 Å². The molecule has 2 N–H and O–H groups in total. The predicted molar refractivity (Wildman–Crippen MR) is 75.2 cm³/mol. The molecule has 1 aliphatic heterocycles. The van der Waals surface area contributed by atoms with Crippen molar-refractivity contribution in [2.45, 2.75) is 6.92 Å². The molecule has 6 heteroatoms. The first-order chi connectivity index (χ1) is 9.51. The first kappa shape index (κ1) is 14.3. The van der Waals surface area contributed by atoms with Gasteiger partial charge in [0.25, 0.3) is 0 Å². The Labute approximate surface area is 117 Å². The average molecular weight is 276 g/mol. The number of carbonyl (C=O) groups is 1. The number of halogens is 1. The molecule has 0 aliphatic carbocycles. The summed E-state index contributed by atoms with van der Waals surface area (Å²) in [6.07, 6.45) is 0. The van der Waals surface area contributed by atoms with Crippen molar-refractivity contribution in [1.29, 1.82) is 0 Å². The Balaban J connectivity index is 2.11. The summed E-state index contributed by atoms with van der Waals surface area (Å²) in [5.74, 6) is -0.805. The van der Waals surface area contributed by atoms with Crippen LogP contribution < -0.4 is 10.6 Å². The smallest absolute Gasteiger partial charge is 0.231 e. The lowest BCUT2D eigenvalue weighted by Gasteiger charge is -2.36. The molecule has 2 rings (SSSR count). The van der Waals surface area contributed by atoms with E-state index in [0.29, 0.717) is 0 Å². The summed E-state index contributed by atoms with van der Waals surface area (Å²) < 4.78 is 13.5. The zero-order valence-corrected chi connectivity index (χ0v) is 11.4. The van der Waals surface area contributed by atoms with E-state index in [4.69, 9.17) is 12.3 Å².